The third-order valence-corrected chi connectivity index (χ3v) is 4.09. The minimum atomic E-state index is -0.903. The van der Waals surface area contributed by atoms with Crippen LogP contribution in [0, 0.1) is 0 Å². The van der Waals surface area contributed by atoms with Gasteiger partial charge in [-0.1, -0.05) is 11.6 Å². The first-order valence-corrected chi connectivity index (χ1v) is 7.39. The van der Waals surface area contributed by atoms with Crippen LogP contribution in [-0.4, -0.2) is 66.8 Å². The van der Waals surface area contributed by atoms with Crippen molar-refractivity contribution in [1.82, 2.24) is 29.5 Å². The molecule has 0 unspecified atom stereocenters. The Morgan fingerprint density at radius 1 is 1.26 bits per heavy atom. The molecule has 9 nitrogen and oxygen atoms in total. The Balaban J connectivity index is 1.79. The number of aromatic nitrogens is 5. The predicted octanol–water partition coefficient (Wildman–Crippen LogP) is 1.13. The highest BCUT2D eigenvalue weighted by atomic mass is 35.5. The predicted molar refractivity (Wildman–Crippen MR) is 82.9 cm³/mol. The average Bonchev–Trinajstić information content (AvgIpc) is 3.04. The van der Waals surface area contributed by atoms with Gasteiger partial charge < -0.3 is 14.9 Å². The SMILES string of the molecule is O=C(O)N1CCN(c2nc3ncc(Cl)cc3n3cnnc23)CC1. The molecule has 4 rings (SSSR count). The van der Waals surface area contributed by atoms with E-state index in [9.17, 15) is 4.79 Å². The molecule has 23 heavy (non-hydrogen) atoms. The number of pyridine rings is 1. The summed E-state index contributed by atoms with van der Waals surface area (Å²) in [5, 5.41) is 17.6. The van der Waals surface area contributed by atoms with Crippen LogP contribution in [-0.2, 0) is 0 Å². The van der Waals surface area contributed by atoms with Crippen LogP contribution in [0.4, 0.5) is 10.6 Å². The van der Waals surface area contributed by atoms with Gasteiger partial charge in [0.15, 0.2) is 11.5 Å². The van der Waals surface area contributed by atoms with E-state index in [1.54, 1.807) is 23.0 Å². The molecule has 3 aromatic rings. The number of fused-ring (bicyclic) bond motifs is 3. The summed E-state index contributed by atoms with van der Waals surface area (Å²) in [6.07, 6.45) is 2.23. The first-order chi connectivity index (χ1) is 11.1. The van der Waals surface area contributed by atoms with E-state index in [4.69, 9.17) is 16.7 Å². The smallest absolute Gasteiger partial charge is 0.407 e. The maximum absolute atomic E-state index is 11.0. The van der Waals surface area contributed by atoms with Crippen LogP contribution in [0.1, 0.15) is 0 Å². The van der Waals surface area contributed by atoms with Gasteiger partial charge >= 0.3 is 6.09 Å². The molecule has 1 amide bonds. The molecule has 4 heterocycles. The second kappa shape index (κ2) is 5.20. The summed E-state index contributed by atoms with van der Waals surface area (Å²) in [7, 11) is 0. The minimum Gasteiger partial charge on any atom is -0.465 e. The van der Waals surface area contributed by atoms with Crippen LogP contribution in [0.5, 0.6) is 0 Å². The first kappa shape index (κ1) is 13.9. The summed E-state index contributed by atoms with van der Waals surface area (Å²) in [4.78, 5) is 23.2. The van der Waals surface area contributed by atoms with Gasteiger partial charge in [0.1, 0.15) is 6.33 Å². The van der Waals surface area contributed by atoms with Crippen molar-refractivity contribution >= 4 is 40.3 Å². The molecule has 0 bridgehead atoms. The van der Waals surface area contributed by atoms with Crippen molar-refractivity contribution in [3.05, 3.63) is 23.6 Å². The monoisotopic (exact) mass is 333 g/mol. The van der Waals surface area contributed by atoms with Gasteiger partial charge in [0, 0.05) is 32.4 Å². The maximum atomic E-state index is 11.0. The zero-order valence-electron chi connectivity index (χ0n) is 11.9. The zero-order valence-corrected chi connectivity index (χ0v) is 12.7. The van der Waals surface area contributed by atoms with Crippen molar-refractivity contribution in [1.29, 1.82) is 0 Å². The molecule has 0 aromatic carbocycles. The minimum absolute atomic E-state index is 0.420. The number of carboxylic acid groups (broad SMARTS) is 1. The van der Waals surface area contributed by atoms with Gasteiger partial charge in [0.2, 0.25) is 5.65 Å². The number of halogens is 1. The Hall–Kier alpha value is -2.68. The molecule has 0 atom stereocenters. The fourth-order valence-electron chi connectivity index (χ4n) is 2.72. The van der Waals surface area contributed by atoms with Gasteiger partial charge in [0.25, 0.3) is 0 Å². The van der Waals surface area contributed by atoms with Crippen LogP contribution >= 0.6 is 11.6 Å². The Morgan fingerprint density at radius 3 is 2.78 bits per heavy atom. The number of amides is 1. The summed E-state index contributed by atoms with van der Waals surface area (Å²) in [5.74, 6) is 0.648. The summed E-state index contributed by atoms with van der Waals surface area (Å²) in [6.45, 7) is 1.93. The van der Waals surface area contributed by atoms with Crippen molar-refractivity contribution in [3.63, 3.8) is 0 Å². The van der Waals surface area contributed by atoms with E-state index >= 15 is 0 Å². The van der Waals surface area contributed by atoms with Gasteiger partial charge in [0.05, 0.1) is 10.5 Å². The topological polar surface area (TPSA) is 99.8 Å². The number of anilines is 1. The van der Waals surface area contributed by atoms with E-state index in [0.717, 1.165) is 5.52 Å². The number of carbonyl (C=O) groups is 1. The number of rotatable bonds is 1. The van der Waals surface area contributed by atoms with Crippen LogP contribution < -0.4 is 4.90 Å². The van der Waals surface area contributed by atoms with E-state index in [1.807, 2.05) is 4.90 Å². The molecule has 118 valence electrons. The van der Waals surface area contributed by atoms with Crippen LogP contribution in [0.25, 0.3) is 16.8 Å². The van der Waals surface area contributed by atoms with Crippen LogP contribution in [0.3, 0.4) is 0 Å². The highest BCUT2D eigenvalue weighted by Gasteiger charge is 2.24. The van der Waals surface area contributed by atoms with Gasteiger partial charge in [-0.2, -0.15) is 0 Å². The maximum Gasteiger partial charge on any atom is 0.407 e. The third-order valence-electron chi connectivity index (χ3n) is 3.88. The van der Waals surface area contributed by atoms with Gasteiger partial charge in [-0.05, 0) is 6.07 Å². The number of hydrogen-bond acceptors (Lipinski definition) is 6. The Kier molecular flexibility index (Phi) is 3.15. The summed E-state index contributed by atoms with van der Waals surface area (Å²) in [6, 6.07) is 1.76. The standard InChI is InChI=1S/C13H12ClN7O2/c14-8-5-9-10(15-6-8)17-11(12-18-16-7-21(9)12)19-1-3-20(4-2-19)13(22)23/h5-7H,1-4H2,(H,22,23). The zero-order chi connectivity index (χ0) is 16.0. The van der Waals surface area contributed by atoms with Crippen molar-refractivity contribution in [3.8, 4) is 0 Å². The van der Waals surface area contributed by atoms with E-state index < -0.39 is 6.09 Å². The molecule has 1 N–H and O–H groups in total. The van der Waals surface area contributed by atoms with E-state index in [1.165, 1.54) is 4.90 Å². The van der Waals surface area contributed by atoms with Gasteiger partial charge in [-0.25, -0.2) is 14.8 Å². The quantitative estimate of drug-likeness (QED) is 0.712. The Morgan fingerprint density at radius 2 is 2.04 bits per heavy atom. The largest absolute Gasteiger partial charge is 0.465 e. The molecule has 0 aliphatic carbocycles. The molecular weight excluding hydrogens is 322 g/mol. The molecular formula is C13H12ClN7O2. The van der Waals surface area contributed by atoms with Gasteiger partial charge in [-0.3, -0.25) is 4.40 Å². The molecule has 1 saturated heterocycles. The number of piperazine rings is 1. The van der Waals surface area contributed by atoms with E-state index in [-0.39, 0.29) is 0 Å². The summed E-state index contributed by atoms with van der Waals surface area (Å²) in [5.41, 5.74) is 1.87. The lowest BCUT2D eigenvalue weighted by Crippen LogP contribution is -2.48. The van der Waals surface area contributed by atoms with E-state index in [2.05, 4.69) is 20.2 Å². The fraction of sp³-hybridized carbons (Fsp3) is 0.308. The van der Waals surface area contributed by atoms with E-state index in [0.29, 0.717) is 48.3 Å². The molecule has 1 aliphatic rings. The lowest BCUT2D eigenvalue weighted by atomic mass is 10.3. The lowest BCUT2D eigenvalue weighted by Gasteiger charge is -2.33. The number of hydrogen-bond donors (Lipinski definition) is 1. The second-order valence-corrected chi connectivity index (χ2v) is 5.65. The van der Waals surface area contributed by atoms with Gasteiger partial charge in [-0.15, -0.1) is 10.2 Å². The summed E-state index contributed by atoms with van der Waals surface area (Å²) >= 11 is 6.00. The van der Waals surface area contributed by atoms with Crippen LogP contribution in [0.15, 0.2) is 18.6 Å². The molecule has 0 saturated carbocycles. The fourth-order valence-corrected chi connectivity index (χ4v) is 2.87. The molecule has 1 aliphatic heterocycles. The average molecular weight is 334 g/mol. The Labute approximate surface area is 135 Å². The highest BCUT2D eigenvalue weighted by Crippen LogP contribution is 2.24. The Bertz CT molecular complexity index is 904. The molecule has 10 heteroatoms. The highest BCUT2D eigenvalue weighted by molar-refractivity contribution is 6.31. The number of nitrogens with zero attached hydrogens (tertiary/aromatic N) is 7. The molecule has 1 fully saturated rings. The van der Waals surface area contributed by atoms with Crippen molar-refractivity contribution in [2.75, 3.05) is 31.1 Å². The molecule has 0 radical (unpaired) electrons. The van der Waals surface area contributed by atoms with Crippen molar-refractivity contribution in [2.24, 2.45) is 0 Å². The first-order valence-electron chi connectivity index (χ1n) is 7.01. The lowest BCUT2D eigenvalue weighted by molar-refractivity contribution is 0.142. The third kappa shape index (κ3) is 2.29. The molecule has 0 spiro atoms. The normalized spacial score (nSPS) is 15.5. The van der Waals surface area contributed by atoms with Crippen molar-refractivity contribution in [2.45, 2.75) is 0 Å². The van der Waals surface area contributed by atoms with Crippen molar-refractivity contribution < 1.29 is 9.90 Å². The van der Waals surface area contributed by atoms with Crippen LogP contribution in [0.2, 0.25) is 5.02 Å². The summed E-state index contributed by atoms with van der Waals surface area (Å²) < 4.78 is 1.79. The molecule has 3 aromatic heterocycles. The second-order valence-electron chi connectivity index (χ2n) is 5.21.